The van der Waals surface area contributed by atoms with Gasteiger partial charge in [-0.1, -0.05) is 42.5 Å². The van der Waals surface area contributed by atoms with Crippen LogP contribution in [-0.2, 0) is 0 Å². The molecule has 1 aromatic heterocycles. The van der Waals surface area contributed by atoms with Gasteiger partial charge in [0.25, 0.3) is 0 Å². The Labute approximate surface area is 168 Å². The molecule has 3 rings (SSSR count). The molecule has 2 heterocycles. The van der Waals surface area contributed by atoms with E-state index in [1.54, 1.807) is 6.20 Å². The second-order valence-electron chi connectivity index (χ2n) is 7.32. The number of anilines is 2. The minimum atomic E-state index is 0.615. The predicted molar refractivity (Wildman–Crippen MR) is 116 cm³/mol. The van der Waals surface area contributed by atoms with Gasteiger partial charge in [0, 0.05) is 39.3 Å². The maximum atomic E-state index is 4.64. The molecule has 1 N–H and O–H groups in total. The normalized spacial score (nSPS) is 15.5. The number of benzene rings is 1. The van der Waals surface area contributed by atoms with Gasteiger partial charge in [-0.2, -0.15) is 10.1 Å². The SMILES string of the molecule is CN(C)CCCNc1nncc(N2CCN(C/C=C/c3ccccc3)CC2)n1. The molecule has 7 heteroatoms. The number of nitrogens with zero attached hydrogens (tertiary/aromatic N) is 6. The van der Waals surface area contributed by atoms with Gasteiger partial charge in [-0.3, -0.25) is 4.90 Å². The maximum absolute atomic E-state index is 4.64. The first-order chi connectivity index (χ1) is 13.7. The summed E-state index contributed by atoms with van der Waals surface area (Å²) in [6.07, 6.45) is 7.24. The standard InChI is InChI=1S/C21H31N7/c1-26(2)12-7-11-22-21-24-20(18-23-25-21)28-16-14-27(15-17-28)13-6-10-19-8-4-3-5-9-19/h3-6,8-10,18H,7,11-17H2,1-2H3,(H,22,24,25)/b10-6+. The lowest BCUT2D eigenvalue weighted by molar-refractivity contribution is 0.283. The summed E-state index contributed by atoms with van der Waals surface area (Å²) in [5.74, 6) is 1.52. The topological polar surface area (TPSA) is 60.4 Å². The smallest absolute Gasteiger partial charge is 0.244 e. The zero-order chi connectivity index (χ0) is 19.6. The molecule has 0 unspecified atom stereocenters. The van der Waals surface area contributed by atoms with Crippen molar-refractivity contribution >= 4 is 17.8 Å². The zero-order valence-corrected chi connectivity index (χ0v) is 17.0. The van der Waals surface area contributed by atoms with Crippen molar-refractivity contribution in [2.75, 3.05) is 70.1 Å². The first-order valence-electron chi connectivity index (χ1n) is 9.98. The maximum Gasteiger partial charge on any atom is 0.244 e. The molecule has 1 aliphatic rings. The van der Waals surface area contributed by atoms with Crippen LogP contribution in [0.3, 0.4) is 0 Å². The number of hydrogen-bond donors (Lipinski definition) is 1. The van der Waals surface area contributed by atoms with E-state index in [0.29, 0.717) is 5.95 Å². The summed E-state index contributed by atoms with van der Waals surface area (Å²) >= 11 is 0. The highest BCUT2D eigenvalue weighted by molar-refractivity contribution is 5.48. The number of nitrogens with one attached hydrogen (secondary N) is 1. The third kappa shape index (κ3) is 6.58. The molecule has 0 atom stereocenters. The van der Waals surface area contributed by atoms with Crippen LogP contribution in [0.5, 0.6) is 0 Å². The minimum absolute atomic E-state index is 0.615. The molecule has 1 saturated heterocycles. The van der Waals surface area contributed by atoms with E-state index in [4.69, 9.17) is 0 Å². The third-order valence-electron chi connectivity index (χ3n) is 4.78. The number of rotatable bonds is 9. The van der Waals surface area contributed by atoms with Crippen LogP contribution in [0.25, 0.3) is 6.08 Å². The third-order valence-corrected chi connectivity index (χ3v) is 4.78. The quantitative estimate of drug-likeness (QED) is 0.667. The van der Waals surface area contributed by atoms with Crippen LogP contribution in [0.2, 0.25) is 0 Å². The van der Waals surface area contributed by atoms with Gasteiger partial charge in [0.1, 0.15) is 0 Å². The Morgan fingerprint density at radius 2 is 1.89 bits per heavy atom. The molecule has 0 bridgehead atoms. The fraction of sp³-hybridized carbons (Fsp3) is 0.476. The molecular formula is C21H31N7. The number of hydrogen-bond acceptors (Lipinski definition) is 7. The average Bonchev–Trinajstić information content (AvgIpc) is 2.73. The van der Waals surface area contributed by atoms with Crippen molar-refractivity contribution in [1.82, 2.24) is 25.0 Å². The first-order valence-corrected chi connectivity index (χ1v) is 9.98. The lowest BCUT2D eigenvalue weighted by Crippen LogP contribution is -2.46. The van der Waals surface area contributed by atoms with Crippen molar-refractivity contribution in [2.45, 2.75) is 6.42 Å². The number of piperazine rings is 1. The van der Waals surface area contributed by atoms with Gasteiger partial charge in [0.15, 0.2) is 5.82 Å². The number of aromatic nitrogens is 3. The van der Waals surface area contributed by atoms with Crippen molar-refractivity contribution in [3.8, 4) is 0 Å². The molecule has 28 heavy (non-hydrogen) atoms. The highest BCUT2D eigenvalue weighted by Gasteiger charge is 2.18. The summed E-state index contributed by atoms with van der Waals surface area (Å²) in [5, 5.41) is 11.5. The van der Waals surface area contributed by atoms with Crippen molar-refractivity contribution in [2.24, 2.45) is 0 Å². The van der Waals surface area contributed by atoms with Gasteiger partial charge in [0.05, 0.1) is 6.20 Å². The van der Waals surface area contributed by atoms with Gasteiger partial charge in [0.2, 0.25) is 5.95 Å². The van der Waals surface area contributed by atoms with Gasteiger partial charge in [-0.05, 0) is 32.6 Å². The molecule has 150 valence electrons. The Morgan fingerprint density at radius 3 is 2.64 bits per heavy atom. The van der Waals surface area contributed by atoms with Gasteiger partial charge in [-0.25, -0.2) is 0 Å². The molecule has 7 nitrogen and oxygen atoms in total. The van der Waals surface area contributed by atoms with Gasteiger partial charge >= 0.3 is 0 Å². The van der Waals surface area contributed by atoms with Crippen molar-refractivity contribution in [1.29, 1.82) is 0 Å². The Hall–Kier alpha value is -2.51. The van der Waals surface area contributed by atoms with Crippen LogP contribution >= 0.6 is 0 Å². The molecule has 0 radical (unpaired) electrons. The predicted octanol–water partition coefficient (Wildman–Crippen LogP) is 2.07. The van der Waals surface area contributed by atoms with Crippen LogP contribution in [0.1, 0.15) is 12.0 Å². The average molecular weight is 382 g/mol. The van der Waals surface area contributed by atoms with Crippen molar-refractivity contribution in [3.05, 3.63) is 48.2 Å². The van der Waals surface area contributed by atoms with E-state index in [1.165, 1.54) is 5.56 Å². The molecule has 0 amide bonds. The van der Waals surface area contributed by atoms with Gasteiger partial charge < -0.3 is 15.1 Å². The van der Waals surface area contributed by atoms with E-state index in [2.05, 4.69) is 85.7 Å². The summed E-state index contributed by atoms with van der Waals surface area (Å²) in [7, 11) is 4.16. The van der Waals surface area contributed by atoms with Crippen LogP contribution in [0.4, 0.5) is 11.8 Å². The fourth-order valence-corrected chi connectivity index (χ4v) is 3.18. The molecule has 0 aliphatic carbocycles. The molecule has 1 aromatic carbocycles. The molecular weight excluding hydrogens is 350 g/mol. The van der Waals surface area contributed by atoms with E-state index in [1.807, 2.05) is 6.07 Å². The van der Waals surface area contributed by atoms with Crippen LogP contribution in [0, 0.1) is 0 Å². The molecule has 1 aliphatic heterocycles. The van der Waals surface area contributed by atoms with Crippen molar-refractivity contribution < 1.29 is 0 Å². The molecule has 2 aromatic rings. The van der Waals surface area contributed by atoms with Crippen LogP contribution in [0.15, 0.2) is 42.6 Å². The Morgan fingerprint density at radius 1 is 1.11 bits per heavy atom. The zero-order valence-electron chi connectivity index (χ0n) is 17.0. The summed E-state index contributed by atoms with van der Waals surface area (Å²) < 4.78 is 0. The lowest BCUT2D eigenvalue weighted by Gasteiger charge is -2.34. The Balaban J connectivity index is 1.43. The lowest BCUT2D eigenvalue weighted by atomic mass is 10.2. The largest absolute Gasteiger partial charge is 0.353 e. The van der Waals surface area contributed by atoms with E-state index in [0.717, 1.165) is 58.1 Å². The van der Waals surface area contributed by atoms with Gasteiger partial charge in [-0.15, -0.1) is 5.10 Å². The second-order valence-corrected chi connectivity index (χ2v) is 7.32. The second kappa shape index (κ2) is 10.7. The van der Waals surface area contributed by atoms with Crippen LogP contribution in [-0.4, -0.2) is 84.9 Å². The first kappa shape index (κ1) is 20.2. The summed E-state index contributed by atoms with van der Waals surface area (Å²) in [4.78, 5) is 11.6. The Bertz CT molecular complexity index is 725. The summed E-state index contributed by atoms with van der Waals surface area (Å²) in [5.41, 5.74) is 1.25. The highest BCUT2D eigenvalue weighted by Crippen LogP contribution is 2.14. The molecule has 1 fully saturated rings. The highest BCUT2D eigenvalue weighted by atomic mass is 15.3. The Kier molecular flexibility index (Phi) is 7.75. The van der Waals surface area contributed by atoms with E-state index in [9.17, 15) is 0 Å². The fourth-order valence-electron chi connectivity index (χ4n) is 3.18. The summed E-state index contributed by atoms with van der Waals surface area (Å²) in [6.45, 7) is 6.83. The summed E-state index contributed by atoms with van der Waals surface area (Å²) in [6, 6.07) is 10.4. The van der Waals surface area contributed by atoms with E-state index >= 15 is 0 Å². The van der Waals surface area contributed by atoms with Crippen molar-refractivity contribution in [3.63, 3.8) is 0 Å². The monoisotopic (exact) mass is 381 g/mol. The van der Waals surface area contributed by atoms with E-state index in [-0.39, 0.29) is 0 Å². The minimum Gasteiger partial charge on any atom is -0.353 e. The van der Waals surface area contributed by atoms with E-state index < -0.39 is 0 Å². The molecule has 0 spiro atoms. The van der Waals surface area contributed by atoms with Crippen LogP contribution < -0.4 is 10.2 Å². The molecule has 0 saturated carbocycles.